The average Bonchev–Trinajstić information content (AvgIpc) is 2.92. The van der Waals surface area contributed by atoms with Crippen LogP contribution in [0.3, 0.4) is 0 Å². The molecule has 3 aliphatic carbocycles. The Kier molecular flexibility index (Phi) is 9.24. The monoisotopic (exact) mass is 640 g/mol. The molecular formula is C29H35F3N4O9. The molecule has 45 heavy (non-hydrogen) atoms. The molecule has 13 nitrogen and oxygen atoms in total. The number of nitrogens with two attached hydrogens (primary N) is 1. The number of aliphatic hydroxyl groups is 3. The Hall–Kier alpha value is -4.15. The second kappa shape index (κ2) is 12.3. The third-order valence-corrected chi connectivity index (χ3v) is 8.42. The van der Waals surface area contributed by atoms with E-state index in [1.54, 1.807) is 0 Å². The van der Waals surface area contributed by atoms with Crippen LogP contribution >= 0.6 is 0 Å². The van der Waals surface area contributed by atoms with Crippen LogP contribution in [0.15, 0.2) is 23.0 Å². The zero-order valence-electron chi connectivity index (χ0n) is 24.7. The van der Waals surface area contributed by atoms with Crippen molar-refractivity contribution >= 4 is 34.8 Å². The van der Waals surface area contributed by atoms with Gasteiger partial charge in [0.05, 0.1) is 23.8 Å². The average molecular weight is 641 g/mol. The summed E-state index contributed by atoms with van der Waals surface area (Å²) >= 11 is 0. The number of ether oxygens (including phenoxy) is 1. The van der Waals surface area contributed by atoms with E-state index in [1.807, 2.05) is 6.92 Å². The van der Waals surface area contributed by atoms with E-state index in [0.717, 1.165) is 25.3 Å². The van der Waals surface area contributed by atoms with Gasteiger partial charge in [-0.3, -0.25) is 24.1 Å². The van der Waals surface area contributed by atoms with Crippen LogP contribution in [0, 0.1) is 11.8 Å². The summed E-state index contributed by atoms with van der Waals surface area (Å²) in [6, 6.07) is -0.619. The summed E-state index contributed by atoms with van der Waals surface area (Å²) < 4.78 is 44.7. The lowest BCUT2D eigenvalue weighted by Gasteiger charge is -2.50. The number of carbonyl (C=O) groups excluding carboxylic acids is 4. The van der Waals surface area contributed by atoms with Crippen LogP contribution in [0.25, 0.3) is 5.76 Å². The topological polar surface area (TPSA) is 212 Å². The number of nitrogens with zero attached hydrogens (tertiary/aromatic N) is 1. The third kappa shape index (κ3) is 5.96. The highest BCUT2D eigenvalue weighted by Gasteiger charge is 2.64. The molecule has 0 saturated heterocycles. The number of phenolic OH excluding ortho intramolecular Hbond substituents is 1. The second-order valence-electron chi connectivity index (χ2n) is 11.6. The summed E-state index contributed by atoms with van der Waals surface area (Å²) in [5.74, 6) is -11.1. The number of alkyl halides is 3. The van der Waals surface area contributed by atoms with Gasteiger partial charge in [0.25, 0.3) is 5.91 Å². The standard InChI is InChI=1S/C29H35F3N4O9/c1-4-5-6-7-34-11-17(37)35-15-10-16(45-29(30,31)32)13-8-12-9-14-21(36(2)3)24(40)20(27(33)43)26(42)28(14,44)25(41)18(12)23(39)19(13)22(15)38/h10,12,14,21,34,38-39,42,44H,4-9,11H2,1-3H3,(H2,33,43)(H,35,37)/t12-,14-,21-,28-/m0/s1. The Morgan fingerprint density at radius 3 is 2.42 bits per heavy atom. The highest BCUT2D eigenvalue weighted by atomic mass is 19.4. The fraction of sp³-hybridized carbons (Fsp3) is 0.517. The lowest BCUT2D eigenvalue weighted by molar-refractivity contribution is -0.275. The van der Waals surface area contributed by atoms with E-state index in [0.29, 0.717) is 6.54 Å². The first-order chi connectivity index (χ1) is 20.9. The molecule has 0 heterocycles. The van der Waals surface area contributed by atoms with E-state index >= 15 is 0 Å². The predicted molar refractivity (Wildman–Crippen MR) is 152 cm³/mol. The van der Waals surface area contributed by atoms with Crippen LogP contribution in [0.2, 0.25) is 0 Å². The van der Waals surface area contributed by atoms with E-state index < -0.39 is 105 Å². The van der Waals surface area contributed by atoms with Crippen LogP contribution < -0.4 is 21.1 Å². The van der Waals surface area contributed by atoms with Crippen LogP contribution in [0.4, 0.5) is 18.9 Å². The number of halogens is 3. The number of ketones is 2. The molecule has 8 N–H and O–H groups in total. The zero-order chi connectivity index (χ0) is 33.6. The lowest BCUT2D eigenvalue weighted by atomic mass is 9.57. The number of aromatic hydroxyl groups is 1. The maximum absolute atomic E-state index is 14.0. The molecule has 0 aliphatic heterocycles. The van der Waals surface area contributed by atoms with Gasteiger partial charge < -0.3 is 41.5 Å². The molecule has 4 atom stereocenters. The van der Waals surface area contributed by atoms with Crippen LogP contribution in [-0.4, -0.2) is 93.9 Å². The van der Waals surface area contributed by atoms with Gasteiger partial charge in [-0.2, -0.15) is 0 Å². The van der Waals surface area contributed by atoms with Crippen molar-refractivity contribution in [2.45, 2.75) is 57.0 Å². The number of phenols is 1. The number of hydrogen-bond acceptors (Lipinski definition) is 11. The van der Waals surface area contributed by atoms with Crippen molar-refractivity contribution in [1.29, 1.82) is 0 Å². The number of hydrogen-bond donors (Lipinski definition) is 7. The molecule has 1 saturated carbocycles. The van der Waals surface area contributed by atoms with Crippen molar-refractivity contribution in [3.63, 3.8) is 0 Å². The number of Topliss-reactive ketones (excluding diaryl/α,β-unsaturated/α-hetero) is 2. The number of primary amides is 1. The number of nitrogens with one attached hydrogen (secondary N) is 2. The number of carbonyl (C=O) groups is 4. The van der Waals surface area contributed by atoms with Gasteiger partial charge in [-0.15, -0.1) is 13.2 Å². The third-order valence-electron chi connectivity index (χ3n) is 8.42. The Balaban J connectivity index is 1.85. The van der Waals surface area contributed by atoms with Gasteiger partial charge in [0, 0.05) is 23.1 Å². The maximum atomic E-state index is 14.0. The van der Waals surface area contributed by atoms with E-state index in [9.17, 15) is 52.8 Å². The molecular weight excluding hydrogens is 605 g/mol. The molecule has 2 amide bonds. The largest absolute Gasteiger partial charge is 0.573 e. The Morgan fingerprint density at radius 2 is 1.84 bits per heavy atom. The van der Waals surface area contributed by atoms with Gasteiger partial charge in [0.1, 0.15) is 22.8 Å². The summed E-state index contributed by atoms with van der Waals surface area (Å²) in [4.78, 5) is 53.1. The summed E-state index contributed by atoms with van der Waals surface area (Å²) in [6.45, 7) is 2.23. The molecule has 1 aromatic carbocycles. The SMILES string of the molecule is CCCCCNCC(=O)Nc1cc(OC(F)(F)F)c2c(c1O)C(O)=C1C(=O)[C@]3(O)C(O)=C(C(N)=O)C(=O)[C@@H](N(C)C)[C@@H]3C[C@@H]1C2. The Labute approximate surface area is 255 Å². The summed E-state index contributed by atoms with van der Waals surface area (Å²) in [5.41, 5.74) is -0.796. The highest BCUT2D eigenvalue weighted by molar-refractivity contribution is 6.24. The zero-order valence-corrected chi connectivity index (χ0v) is 24.7. The summed E-state index contributed by atoms with van der Waals surface area (Å²) in [7, 11) is 2.83. The fourth-order valence-electron chi connectivity index (χ4n) is 6.48. The van der Waals surface area contributed by atoms with E-state index in [4.69, 9.17) is 5.73 Å². The first-order valence-corrected chi connectivity index (χ1v) is 14.3. The Bertz CT molecular complexity index is 1500. The molecule has 0 radical (unpaired) electrons. The molecule has 1 fully saturated rings. The number of benzene rings is 1. The lowest BCUT2D eigenvalue weighted by Crippen LogP contribution is -2.65. The van der Waals surface area contributed by atoms with Gasteiger partial charge in [-0.25, -0.2) is 0 Å². The molecule has 0 aromatic heterocycles. The minimum absolute atomic E-state index is 0.253. The van der Waals surface area contributed by atoms with Crippen LogP contribution in [-0.2, 0) is 25.6 Å². The molecule has 0 bridgehead atoms. The number of rotatable bonds is 10. The van der Waals surface area contributed by atoms with Crippen molar-refractivity contribution < 1.29 is 57.5 Å². The minimum atomic E-state index is -5.23. The van der Waals surface area contributed by atoms with Gasteiger partial charge in [-0.1, -0.05) is 19.8 Å². The van der Waals surface area contributed by atoms with Gasteiger partial charge in [0.15, 0.2) is 17.1 Å². The van der Waals surface area contributed by atoms with Crippen molar-refractivity contribution in [1.82, 2.24) is 10.2 Å². The van der Waals surface area contributed by atoms with Crippen molar-refractivity contribution in [3.8, 4) is 11.5 Å². The number of aliphatic hydroxyl groups excluding tert-OH is 2. The smallest absolute Gasteiger partial charge is 0.508 e. The van der Waals surface area contributed by atoms with Crippen LogP contribution in [0.1, 0.15) is 43.7 Å². The Morgan fingerprint density at radius 1 is 1.18 bits per heavy atom. The van der Waals surface area contributed by atoms with Gasteiger partial charge >= 0.3 is 6.36 Å². The number of amides is 2. The van der Waals surface area contributed by atoms with Crippen LogP contribution in [0.5, 0.6) is 11.5 Å². The second-order valence-corrected chi connectivity index (χ2v) is 11.6. The maximum Gasteiger partial charge on any atom is 0.573 e. The van der Waals surface area contributed by atoms with Crippen molar-refractivity contribution in [2.75, 3.05) is 32.5 Å². The normalized spacial score (nSPS) is 24.8. The summed E-state index contributed by atoms with van der Waals surface area (Å²) in [5, 5.41) is 50.2. The summed E-state index contributed by atoms with van der Waals surface area (Å²) in [6.07, 6.45) is -3.39. The van der Waals surface area contributed by atoms with E-state index in [2.05, 4.69) is 15.4 Å². The first-order valence-electron chi connectivity index (χ1n) is 14.3. The van der Waals surface area contributed by atoms with Crippen molar-refractivity contribution in [2.24, 2.45) is 17.6 Å². The molecule has 16 heteroatoms. The molecule has 3 aliphatic rings. The molecule has 0 spiro atoms. The van der Waals surface area contributed by atoms with E-state index in [-0.39, 0.29) is 18.5 Å². The predicted octanol–water partition coefficient (Wildman–Crippen LogP) is 1.58. The number of unbranched alkanes of at least 4 members (excludes halogenated alkanes) is 2. The minimum Gasteiger partial charge on any atom is -0.508 e. The van der Waals surface area contributed by atoms with Gasteiger partial charge in [-0.05, 0) is 45.8 Å². The molecule has 246 valence electrons. The fourth-order valence-corrected chi connectivity index (χ4v) is 6.48. The highest BCUT2D eigenvalue weighted by Crippen LogP contribution is 2.55. The first kappa shape index (κ1) is 33.7. The molecule has 4 rings (SSSR count). The van der Waals surface area contributed by atoms with Crippen molar-refractivity contribution in [3.05, 3.63) is 34.1 Å². The number of likely N-dealkylation sites (N-methyl/N-ethyl adjacent to an activating group) is 1. The molecule has 0 unspecified atom stereocenters. The quantitative estimate of drug-likeness (QED) is 0.111. The number of anilines is 1. The number of fused-ring (bicyclic) bond motifs is 3. The van der Waals surface area contributed by atoms with E-state index in [1.165, 1.54) is 19.0 Å². The van der Waals surface area contributed by atoms with Gasteiger partial charge in [0.2, 0.25) is 11.7 Å². The molecule has 1 aromatic rings.